The van der Waals surface area contributed by atoms with E-state index in [1.807, 2.05) is 12.1 Å². The molecule has 0 bridgehead atoms. The molecule has 0 amide bonds. The van der Waals surface area contributed by atoms with Gasteiger partial charge in [0.25, 0.3) is 0 Å². The van der Waals surface area contributed by atoms with Gasteiger partial charge < -0.3 is 4.74 Å². The van der Waals surface area contributed by atoms with Crippen LogP contribution in [0.25, 0.3) is 0 Å². The second-order valence-corrected chi connectivity index (χ2v) is 6.90. The molecule has 1 atom stereocenters. The van der Waals surface area contributed by atoms with Crippen LogP contribution in [0.15, 0.2) is 24.3 Å². The lowest BCUT2D eigenvalue weighted by Gasteiger charge is -2.58. The van der Waals surface area contributed by atoms with Crippen LogP contribution in [0, 0.1) is 11.7 Å². The maximum atomic E-state index is 13.8. The molecular formula is C18H27FN2O. The van der Waals surface area contributed by atoms with Crippen LogP contribution in [0.5, 0.6) is 0 Å². The molecule has 0 saturated carbocycles. The minimum Gasteiger partial charge on any atom is -0.381 e. The number of rotatable bonds is 5. The molecule has 2 saturated heterocycles. The second kappa shape index (κ2) is 6.65. The van der Waals surface area contributed by atoms with E-state index < -0.39 is 0 Å². The zero-order chi connectivity index (χ0) is 15.6. The smallest absolute Gasteiger partial charge is 0.127 e. The van der Waals surface area contributed by atoms with Gasteiger partial charge in [0.1, 0.15) is 5.82 Å². The first-order valence-electron chi connectivity index (χ1n) is 8.38. The standard InChI is InChI=1S/C18H27FN2O/c1-3-22-12-15-8-9-20(2)18(10-15)13-21(14-18)11-16-6-4-5-7-17(16)19/h4-7,15H,3,8-14H2,1-2H3/t15-/m0/s1. The van der Waals surface area contributed by atoms with Crippen LogP contribution < -0.4 is 0 Å². The zero-order valence-electron chi connectivity index (χ0n) is 13.7. The van der Waals surface area contributed by atoms with Gasteiger partial charge in [-0.25, -0.2) is 4.39 Å². The van der Waals surface area contributed by atoms with Gasteiger partial charge in [0.05, 0.1) is 0 Å². The van der Waals surface area contributed by atoms with E-state index in [1.165, 1.54) is 12.8 Å². The number of likely N-dealkylation sites (tertiary alicyclic amines) is 2. The second-order valence-electron chi connectivity index (χ2n) is 6.90. The Morgan fingerprint density at radius 3 is 2.82 bits per heavy atom. The summed E-state index contributed by atoms with van der Waals surface area (Å²) in [6.45, 7) is 7.70. The summed E-state index contributed by atoms with van der Waals surface area (Å²) in [6.07, 6.45) is 2.43. The van der Waals surface area contributed by atoms with Crippen LogP contribution >= 0.6 is 0 Å². The fourth-order valence-corrected chi connectivity index (χ4v) is 3.97. The minimum absolute atomic E-state index is 0.0883. The number of ether oxygens (including phenoxy) is 1. The highest BCUT2D eigenvalue weighted by molar-refractivity contribution is 5.18. The Morgan fingerprint density at radius 1 is 1.32 bits per heavy atom. The van der Waals surface area contributed by atoms with Crippen LogP contribution in [-0.2, 0) is 11.3 Å². The Balaban J connectivity index is 1.56. The molecule has 2 fully saturated rings. The molecular weight excluding hydrogens is 279 g/mol. The van der Waals surface area contributed by atoms with Gasteiger partial charge in [0.15, 0.2) is 0 Å². The highest BCUT2D eigenvalue weighted by Crippen LogP contribution is 2.39. The molecule has 0 N–H and O–H groups in total. The van der Waals surface area contributed by atoms with Gasteiger partial charge in [0.2, 0.25) is 0 Å². The molecule has 3 nitrogen and oxygen atoms in total. The molecule has 0 aromatic heterocycles. The SMILES string of the molecule is CCOC[C@H]1CCN(C)C2(C1)CN(Cc1ccccc1F)C2. The zero-order valence-corrected chi connectivity index (χ0v) is 13.7. The highest BCUT2D eigenvalue weighted by atomic mass is 19.1. The summed E-state index contributed by atoms with van der Waals surface area (Å²) in [7, 11) is 2.23. The van der Waals surface area contributed by atoms with Crippen molar-refractivity contribution in [2.24, 2.45) is 5.92 Å². The van der Waals surface area contributed by atoms with Crippen molar-refractivity contribution in [3.63, 3.8) is 0 Å². The Labute approximate surface area is 133 Å². The molecule has 1 spiro atoms. The molecule has 4 heteroatoms. The number of likely N-dealkylation sites (N-methyl/N-ethyl adjacent to an activating group) is 1. The number of hydrogen-bond acceptors (Lipinski definition) is 3. The Morgan fingerprint density at radius 2 is 2.09 bits per heavy atom. The summed E-state index contributed by atoms with van der Waals surface area (Å²) in [5.74, 6) is 0.585. The average molecular weight is 306 g/mol. The van der Waals surface area contributed by atoms with E-state index in [4.69, 9.17) is 4.74 Å². The summed E-state index contributed by atoms with van der Waals surface area (Å²) in [5.41, 5.74) is 1.09. The summed E-state index contributed by atoms with van der Waals surface area (Å²) in [4.78, 5) is 4.87. The van der Waals surface area contributed by atoms with Crippen molar-refractivity contribution in [2.75, 3.05) is 39.9 Å². The van der Waals surface area contributed by atoms with Crippen molar-refractivity contribution < 1.29 is 9.13 Å². The first-order valence-corrected chi connectivity index (χ1v) is 8.38. The molecule has 1 aromatic rings. The van der Waals surface area contributed by atoms with E-state index in [1.54, 1.807) is 12.1 Å². The lowest BCUT2D eigenvalue weighted by molar-refractivity contribution is -0.0924. The summed E-state index contributed by atoms with van der Waals surface area (Å²) >= 11 is 0. The number of benzene rings is 1. The van der Waals surface area contributed by atoms with Crippen LogP contribution in [0.3, 0.4) is 0 Å². The average Bonchev–Trinajstić information content (AvgIpc) is 2.48. The summed E-state index contributed by atoms with van der Waals surface area (Å²) in [5, 5.41) is 0. The molecule has 2 aliphatic rings. The third-order valence-electron chi connectivity index (χ3n) is 5.30. The highest BCUT2D eigenvalue weighted by Gasteiger charge is 2.49. The molecule has 2 heterocycles. The third-order valence-corrected chi connectivity index (χ3v) is 5.30. The van der Waals surface area contributed by atoms with Gasteiger partial charge in [0, 0.05) is 44.0 Å². The van der Waals surface area contributed by atoms with E-state index in [0.717, 1.165) is 45.0 Å². The minimum atomic E-state index is -0.0883. The molecule has 2 aliphatic heterocycles. The van der Waals surface area contributed by atoms with Gasteiger partial charge in [-0.3, -0.25) is 9.80 Å². The maximum Gasteiger partial charge on any atom is 0.127 e. The van der Waals surface area contributed by atoms with Crippen molar-refractivity contribution in [1.29, 1.82) is 0 Å². The van der Waals surface area contributed by atoms with Crippen LogP contribution in [0.1, 0.15) is 25.3 Å². The van der Waals surface area contributed by atoms with Crippen LogP contribution in [-0.4, -0.2) is 55.2 Å². The predicted molar refractivity (Wildman–Crippen MR) is 86.3 cm³/mol. The Bertz CT molecular complexity index is 500. The van der Waals surface area contributed by atoms with E-state index in [-0.39, 0.29) is 11.4 Å². The topological polar surface area (TPSA) is 15.7 Å². The summed E-state index contributed by atoms with van der Waals surface area (Å²) < 4.78 is 19.4. The van der Waals surface area contributed by atoms with Crippen molar-refractivity contribution >= 4 is 0 Å². The lowest BCUT2D eigenvalue weighted by atomic mass is 9.75. The monoisotopic (exact) mass is 306 g/mol. The number of halogens is 1. The lowest BCUT2D eigenvalue weighted by Crippen LogP contribution is -2.71. The van der Waals surface area contributed by atoms with Crippen LogP contribution in [0.2, 0.25) is 0 Å². The van der Waals surface area contributed by atoms with Crippen molar-refractivity contribution in [2.45, 2.75) is 31.8 Å². The quantitative estimate of drug-likeness (QED) is 0.832. The van der Waals surface area contributed by atoms with E-state index >= 15 is 0 Å². The number of nitrogens with zero attached hydrogens (tertiary/aromatic N) is 2. The molecule has 3 rings (SSSR count). The van der Waals surface area contributed by atoms with Crippen molar-refractivity contribution in [1.82, 2.24) is 9.80 Å². The molecule has 0 aliphatic carbocycles. The largest absolute Gasteiger partial charge is 0.381 e. The number of piperidine rings is 1. The first kappa shape index (κ1) is 15.9. The van der Waals surface area contributed by atoms with E-state index in [9.17, 15) is 4.39 Å². The fraction of sp³-hybridized carbons (Fsp3) is 0.667. The predicted octanol–water partition coefficient (Wildman–Crippen LogP) is 2.76. The normalized spacial score (nSPS) is 25.3. The molecule has 1 aromatic carbocycles. The van der Waals surface area contributed by atoms with Gasteiger partial charge in [-0.2, -0.15) is 0 Å². The van der Waals surface area contributed by atoms with Gasteiger partial charge >= 0.3 is 0 Å². The molecule has 0 unspecified atom stereocenters. The third kappa shape index (κ3) is 3.19. The number of hydrogen-bond donors (Lipinski definition) is 0. The molecule has 0 radical (unpaired) electrons. The van der Waals surface area contributed by atoms with E-state index in [0.29, 0.717) is 5.92 Å². The fourth-order valence-electron chi connectivity index (χ4n) is 3.97. The molecule has 122 valence electrons. The Kier molecular flexibility index (Phi) is 4.81. The molecule has 22 heavy (non-hydrogen) atoms. The van der Waals surface area contributed by atoms with Gasteiger partial charge in [-0.15, -0.1) is 0 Å². The first-order chi connectivity index (χ1) is 10.6. The Hall–Kier alpha value is -0.970. The summed E-state index contributed by atoms with van der Waals surface area (Å²) in [6, 6.07) is 7.11. The van der Waals surface area contributed by atoms with Gasteiger partial charge in [-0.1, -0.05) is 18.2 Å². The van der Waals surface area contributed by atoms with Crippen molar-refractivity contribution in [3.05, 3.63) is 35.6 Å². The maximum absolute atomic E-state index is 13.8. The van der Waals surface area contributed by atoms with Crippen molar-refractivity contribution in [3.8, 4) is 0 Å². The van der Waals surface area contributed by atoms with E-state index in [2.05, 4.69) is 23.8 Å². The van der Waals surface area contributed by atoms with Gasteiger partial charge in [-0.05, 0) is 45.3 Å². The van der Waals surface area contributed by atoms with Crippen LogP contribution in [0.4, 0.5) is 4.39 Å².